The van der Waals surface area contributed by atoms with Gasteiger partial charge >= 0.3 is 0 Å². The smallest absolute Gasteiger partial charge is 0.277 e. The van der Waals surface area contributed by atoms with Crippen molar-refractivity contribution < 1.29 is 8.83 Å². The van der Waals surface area contributed by atoms with Gasteiger partial charge in [-0.3, -0.25) is 0 Å². The van der Waals surface area contributed by atoms with Crippen LogP contribution >= 0.6 is 11.8 Å². The first-order chi connectivity index (χ1) is 10.8. The predicted octanol–water partition coefficient (Wildman–Crippen LogP) is 4.81. The average Bonchev–Trinajstić information content (AvgIpc) is 3.16. The summed E-state index contributed by atoms with van der Waals surface area (Å²) < 4.78 is 11.1. The van der Waals surface area contributed by atoms with Crippen molar-refractivity contribution in [2.24, 2.45) is 0 Å². The zero-order valence-electron chi connectivity index (χ0n) is 12.3. The molecule has 1 aliphatic carbocycles. The Morgan fingerprint density at radius 3 is 2.95 bits per heavy atom. The minimum Gasteiger partial charge on any atom is -0.469 e. The first kappa shape index (κ1) is 13.6. The van der Waals surface area contributed by atoms with Crippen molar-refractivity contribution in [3.05, 3.63) is 53.5 Å². The van der Waals surface area contributed by atoms with Gasteiger partial charge in [0.25, 0.3) is 11.1 Å². The van der Waals surface area contributed by atoms with E-state index >= 15 is 0 Å². The molecule has 0 radical (unpaired) electrons. The Hall–Kier alpha value is -2.01. The summed E-state index contributed by atoms with van der Waals surface area (Å²) in [5.74, 6) is 1.32. The number of benzene rings is 1. The van der Waals surface area contributed by atoms with Crippen LogP contribution in [0.4, 0.5) is 0 Å². The van der Waals surface area contributed by atoms with Crippen molar-refractivity contribution in [2.75, 3.05) is 0 Å². The van der Waals surface area contributed by atoms with E-state index in [0.717, 1.165) is 24.2 Å². The predicted molar refractivity (Wildman–Crippen MR) is 84.7 cm³/mol. The molecule has 22 heavy (non-hydrogen) atoms. The summed E-state index contributed by atoms with van der Waals surface area (Å²) in [5, 5.41) is 9.34. The van der Waals surface area contributed by atoms with Crippen LogP contribution < -0.4 is 0 Å². The molecule has 5 heteroatoms. The van der Waals surface area contributed by atoms with Crippen LogP contribution in [0.5, 0.6) is 0 Å². The molecule has 0 saturated heterocycles. The van der Waals surface area contributed by atoms with E-state index in [1.807, 2.05) is 13.0 Å². The second-order valence-corrected chi connectivity index (χ2v) is 6.62. The molecule has 0 saturated carbocycles. The summed E-state index contributed by atoms with van der Waals surface area (Å²) in [6.07, 6.45) is 5.15. The monoisotopic (exact) mass is 312 g/mol. The van der Waals surface area contributed by atoms with E-state index in [2.05, 4.69) is 34.5 Å². The Bertz CT molecular complexity index is 793. The Balaban J connectivity index is 1.58. The molecule has 0 bridgehead atoms. The SMILES string of the molecule is Cc1occc1-c1nnc(SC2CCCc3ccccc32)o1. The van der Waals surface area contributed by atoms with Crippen LogP contribution in [0.25, 0.3) is 11.5 Å². The van der Waals surface area contributed by atoms with Crippen LogP contribution in [-0.4, -0.2) is 10.2 Å². The molecular formula is C17H16N2O2S. The third-order valence-corrected chi connectivity index (χ3v) is 5.19. The van der Waals surface area contributed by atoms with Gasteiger partial charge in [0, 0.05) is 5.25 Å². The Morgan fingerprint density at radius 2 is 2.09 bits per heavy atom. The van der Waals surface area contributed by atoms with Gasteiger partial charge in [-0.15, -0.1) is 10.2 Å². The molecule has 2 heterocycles. The van der Waals surface area contributed by atoms with Crippen molar-refractivity contribution >= 4 is 11.8 Å². The summed E-state index contributed by atoms with van der Waals surface area (Å²) in [6.45, 7) is 1.89. The molecule has 3 aromatic rings. The maximum Gasteiger partial charge on any atom is 0.277 e. The molecule has 0 amide bonds. The fourth-order valence-electron chi connectivity index (χ4n) is 2.93. The van der Waals surface area contributed by atoms with Crippen molar-refractivity contribution in [1.29, 1.82) is 0 Å². The van der Waals surface area contributed by atoms with Crippen molar-refractivity contribution in [3.63, 3.8) is 0 Å². The minimum absolute atomic E-state index is 0.392. The Morgan fingerprint density at radius 1 is 1.18 bits per heavy atom. The van der Waals surface area contributed by atoms with Crippen LogP contribution in [0.1, 0.15) is 35.0 Å². The fraction of sp³-hybridized carbons (Fsp3) is 0.294. The van der Waals surface area contributed by atoms with Gasteiger partial charge in [-0.1, -0.05) is 36.0 Å². The lowest BCUT2D eigenvalue weighted by Crippen LogP contribution is -2.06. The first-order valence-electron chi connectivity index (χ1n) is 7.43. The zero-order chi connectivity index (χ0) is 14.9. The summed E-state index contributed by atoms with van der Waals surface area (Å²) >= 11 is 1.66. The molecule has 1 atom stereocenters. The maximum atomic E-state index is 5.81. The molecular weight excluding hydrogens is 296 g/mol. The van der Waals surface area contributed by atoms with Crippen molar-refractivity contribution in [1.82, 2.24) is 10.2 Å². The molecule has 1 aromatic carbocycles. The quantitative estimate of drug-likeness (QED) is 0.695. The molecule has 4 rings (SSSR count). The number of hydrogen-bond donors (Lipinski definition) is 0. The lowest BCUT2D eigenvalue weighted by atomic mass is 9.91. The Kier molecular flexibility index (Phi) is 3.50. The molecule has 1 unspecified atom stereocenters. The summed E-state index contributed by atoms with van der Waals surface area (Å²) in [4.78, 5) is 0. The molecule has 112 valence electrons. The zero-order valence-corrected chi connectivity index (χ0v) is 13.1. The second kappa shape index (κ2) is 5.65. The lowest BCUT2D eigenvalue weighted by molar-refractivity contribution is 0.461. The van der Waals surface area contributed by atoms with Crippen molar-refractivity contribution in [3.8, 4) is 11.5 Å². The third-order valence-electron chi connectivity index (χ3n) is 4.05. The maximum absolute atomic E-state index is 5.81. The number of thioether (sulfide) groups is 1. The highest BCUT2D eigenvalue weighted by Crippen LogP contribution is 2.43. The van der Waals surface area contributed by atoms with Gasteiger partial charge in [0.1, 0.15) is 5.76 Å². The number of rotatable bonds is 3. The number of furan rings is 1. The van der Waals surface area contributed by atoms with Gasteiger partial charge in [0.05, 0.1) is 11.8 Å². The largest absolute Gasteiger partial charge is 0.469 e. The summed E-state index contributed by atoms with van der Waals surface area (Å²) in [6, 6.07) is 10.5. The number of nitrogens with zero attached hydrogens (tertiary/aromatic N) is 2. The summed E-state index contributed by atoms with van der Waals surface area (Å²) in [5.41, 5.74) is 3.71. The van der Waals surface area contributed by atoms with Gasteiger partial charge in [0.15, 0.2) is 0 Å². The second-order valence-electron chi connectivity index (χ2n) is 5.46. The number of hydrogen-bond acceptors (Lipinski definition) is 5. The van der Waals surface area contributed by atoms with E-state index in [1.165, 1.54) is 17.5 Å². The van der Waals surface area contributed by atoms with Gasteiger partial charge < -0.3 is 8.83 Å². The Labute approximate surface area is 132 Å². The van der Waals surface area contributed by atoms with Crippen LogP contribution in [0, 0.1) is 6.92 Å². The number of aryl methyl sites for hydroxylation is 2. The topological polar surface area (TPSA) is 52.1 Å². The van der Waals surface area contributed by atoms with E-state index in [9.17, 15) is 0 Å². The number of fused-ring (bicyclic) bond motifs is 1. The highest BCUT2D eigenvalue weighted by Gasteiger charge is 2.23. The molecule has 4 nitrogen and oxygen atoms in total. The van der Waals surface area contributed by atoms with Crippen LogP contribution in [0.3, 0.4) is 0 Å². The minimum atomic E-state index is 0.392. The highest BCUT2D eigenvalue weighted by molar-refractivity contribution is 7.99. The van der Waals surface area contributed by atoms with Crippen LogP contribution in [0.15, 0.2) is 50.7 Å². The van der Waals surface area contributed by atoms with E-state index in [-0.39, 0.29) is 0 Å². The molecule has 0 N–H and O–H groups in total. The van der Waals surface area contributed by atoms with E-state index < -0.39 is 0 Å². The fourth-order valence-corrected chi connectivity index (χ4v) is 4.03. The molecule has 1 aliphatic rings. The van der Waals surface area contributed by atoms with E-state index in [4.69, 9.17) is 8.83 Å². The van der Waals surface area contributed by atoms with E-state index in [0.29, 0.717) is 16.4 Å². The molecule has 0 spiro atoms. The third kappa shape index (κ3) is 2.46. The van der Waals surface area contributed by atoms with Crippen molar-refractivity contribution in [2.45, 2.75) is 36.7 Å². The number of aromatic nitrogens is 2. The molecule has 2 aromatic heterocycles. The standard InChI is InChI=1S/C17H16N2O2S/c1-11-13(9-10-20-11)16-18-19-17(21-16)22-15-8-4-6-12-5-2-3-7-14(12)15/h2-3,5,7,9-10,15H,4,6,8H2,1H3. The molecule has 0 fully saturated rings. The van der Waals surface area contributed by atoms with Gasteiger partial charge in [-0.25, -0.2) is 0 Å². The normalized spacial score (nSPS) is 17.4. The molecule has 0 aliphatic heterocycles. The van der Waals surface area contributed by atoms with Crippen LogP contribution in [0.2, 0.25) is 0 Å². The van der Waals surface area contributed by atoms with Gasteiger partial charge in [-0.05, 0) is 43.4 Å². The van der Waals surface area contributed by atoms with Gasteiger partial charge in [0.2, 0.25) is 0 Å². The summed E-state index contributed by atoms with van der Waals surface area (Å²) in [7, 11) is 0. The first-order valence-corrected chi connectivity index (χ1v) is 8.31. The van der Waals surface area contributed by atoms with Gasteiger partial charge in [-0.2, -0.15) is 0 Å². The van der Waals surface area contributed by atoms with Crippen LogP contribution in [-0.2, 0) is 6.42 Å². The average molecular weight is 312 g/mol. The lowest BCUT2D eigenvalue weighted by Gasteiger charge is -2.23. The van der Waals surface area contributed by atoms with E-state index in [1.54, 1.807) is 18.0 Å². The highest BCUT2D eigenvalue weighted by atomic mass is 32.2.